The standard InChI is InChI=1S/C19H19N5OS.2ClH/c20-9-14-11-24(12-15(14)13-5-2-1-3-6-13)19(25)16-10-23-18(26-16)17-21-7-4-8-22-17;;/h1-8,10,14-15H,9,11-12,20H2;2*1H/t14-,15+;;/m1../s1. The second-order valence-corrected chi connectivity index (χ2v) is 7.36. The molecular formula is C19H21Cl2N5OS. The van der Waals surface area contributed by atoms with Crippen molar-refractivity contribution in [1.29, 1.82) is 0 Å². The molecule has 1 aromatic carbocycles. The number of carbonyl (C=O) groups is 1. The summed E-state index contributed by atoms with van der Waals surface area (Å²) in [5, 5.41) is 0.656. The van der Waals surface area contributed by atoms with Crippen molar-refractivity contribution < 1.29 is 4.79 Å². The van der Waals surface area contributed by atoms with E-state index >= 15 is 0 Å². The van der Waals surface area contributed by atoms with Gasteiger partial charge in [0.15, 0.2) is 10.8 Å². The van der Waals surface area contributed by atoms with Gasteiger partial charge in [-0.05, 0) is 24.1 Å². The Morgan fingerprint density at radius 1 is 1.07 bits per heavy atom. The summed E-state index contributed by atoms with van der Waals surface area (Å²) >= 11 is 1.33. The molecule has 2 aromatic heterocycles. The highest BCUT2D eigenvalue weighted by Crippen LogP contribution is 2.33. The fourth-order valence-corrected chi connectivity index (χ4v) is 4.23. The molecule has 1 aliphatic rings. The van der Waals surface area contributed by atoms with E-state index in [-0.39, 0.29) is 42.6 Å². The number of thiazole rings is 1. The molecule has 0 saturated carbocycles. The molecule has 6 nitrogen and oxygen atoms in total. The lowest BCUT2D eigenvalue weighted by molar-refractivity contribution is 0.0791. The molecule has 0 unspecified atom stereocenters. The number of aromatic nitrogens is 3. The number of hydrogen-bond acceptors (Lipinski definition) is 6. The van der Waals surface area contributed by atoms with Crippen molar-refractivity contribution in [3.05, 3.63) is 65.4 Å². The van der Waals surface area contributed by atoms with Crippen LogP contribution in [-0.2, 0) is 0 Å². The van der Waals surface area contributed by atoms with E-state index in [1.165, 1.54) is 16.9 Å². The van der Waals surface area contributed by atoms with Gasteiger partial charge in [0.25, 0.3) is 5.91 Å². The Balaban J connectivity index is 0.00000140. The van der Waals surface area contributed by atoms with E-state index in [4.69, 9.17) is 5.73 Å². The van der Waals surface area contributed by atoms with Crippen LogP contribution >= 0.6 is 36.2 Å². The molecule has 1 amide bonds. The van der Waals surface area contributed by atoms with E-state index in [1.54, 1.807) is 24.7 Å². The first kappa shape index (κ1) is 22.2. The smallest absolute Gasteiger partial charge is 0.265 e. The number of nitrogens with two attached hydrogens (primary N) is 1. The van der Waals surface area contributed by atoms with Crippen molar-refractivity contribution in [1.82, 2.24) is 19.9 Å². The quantitative estimate of drug-likeness (QED) is 0.676. The molecule has 2 N–H and O–H groups in total. The summed E-state index contributed by atoms with van der Waals surface area (Å²) in [4.78, 5) is 28.1. The molecule has 0 spiro atoms. The Kier molecular flexibility index (Phi) is 7.88. The highest BCUT2D eigenvalue weighted by Gasteiger charge is 2.36. The number of hydrogen-bond donors (Lipinski definition) is 1. The van der Waals surface area contributed by atoms with Crippen molar-refractivity contribution in [2.75, 3.05) is 19.6 Å². The number of halogens is 2. The molecule has 0 radical (unpaired) electrons. The summed E-state index contributed by atoms with van der Waals surface area (Å²) in [6, 6.07) is 12.0. The maximum atomic E-state index is 12.9. The number of nitrogens with zero attached hydrogens (tertiary/aromatic N) is 4. The normalized spacial score (nSPS) is 18.2. The molecule has 4 rings (SSSR count). The predicted molar refractivity (Wildman–Crippen MR) is 115 cm³/mol. The third kappa shape index (κ3) is 4.50. The maximum Gasteiger partial charge on any atom is 0.265 e. The Hall–Kier alpha value is -2.06. The van der Waals surface area contributed by atoms with Crippen LogP contribution in [0.3, 0.4) is 0 Å². The van der Waals surface area contributed by atoms with Crippen LogP contribution in [0.1, 0.15) is 21.2 Å². The summed E-state index contributed by atoms with van der Waals surface area (Å²) in [6.07, 6.45) is 4.95. The second kappa shape index (κ2) is 9.93. The zero-order chi connectivity index (χ0) is 17.9. The summed E-state index contributed by atoms with van der Waals surface area (Å²) in [7, 11) is 0. The first-order chi connectivity index (χ1) is 12.8. The minimum absolute atomic E-state index is 0. The SMILES string of the molecule is Cl.Cl.NC[C@@H]1CN(C(=O)c2cnc(-c3ncccn3)s2)C[C@H]1c1ccccc1. The average Bonchev–Trinajstić information content (AvgIpc) is 3.36. The molecule has 3 aromatic rings. The lowest BCUT2D eigenvalue weighted by atomic mass is 9.89. The van der Waals surface area contributed by atoms with Crippen LogP contribution in [0.5, 0.6) is 0 Å². The zero-order valence-corrected chi connectivity index (χ0v) is 17.4. The predicted octanol–water partition coefficient (Wildman–Crippen LogP) is 3.26. The topological polar surface area (TPSA) is 85.0 Å². The Morgan fingerprint density at radius 3 is 2.46 bits per heavy atom. The van der Waals surface area contributed by atoms with Crippen molar-refractivity contribution in [2.24, 2.45) is 11.7 Å². The van der Waals surface area contributed by atoms with E-state index < -0.39 is 0 Å². The Morgan fingerprint density at radius 2 is 1.79 bits per heavy atom. The third-order valence-corrected chi connectivity index (χ3v) is 5.71. The van der Waals surface area contributed by atoms with Gasteiger partial charge in [0.2, 0.25) is 0 Å². The lowest BCUT2D eigenvalue weighted by Crippen LogP contribution is -2.29. The van der Waals surface area contributed by atoms with Crippen LogP contribution < -0.4 is 5.73 Å². The van der Waals surface area contributed by atoms with Crippen LogP contribution in [0.25, 0.3) is 10.8 Å². The van der Waals surface area contributed by atoms with E-state index in [0.717, 1.165) is 0 Å². The minimum atomic E-state index is 0. The molecule has 1 saturated heterocycles. The molecule has 0 bridgehead atoms. The second-order valence-electron chi connectivity index (χ2n) is 6.33. The van der Waals surface area contributed by atoms with Gasteiger partial charge in [0, 0.05) is 31.4 Å². The first-order valence-electron chi connectivity index (χ1n) is 8.53. The van der Waals surface area contributed by atoms with Crippen molar-refractivity contribution >= 4 is 42.1 Å². The van der Waals surface area contributed by atoms with Crippen LogP contribution in [-0.4, -0.2) is 45.4 Å². The van der Waals surface area contributed by atoms with Crippen molar-refractivity contribution in [2.45, 2.75) is 5.92 Å². The highest BCUT2D eigenvalue weighted by atomic mass is 35.5. The number of rotatable bonds is 4. The van der Waals surface area contributed by atoms with Gasteiger partial charge in [0.05, 0.1) is 6.20 Å². The monoisotopic (exact) mass is 437 g/mol. The van der Waals surface area contributed by atoms with Gasteiger partial charge in [-0.25, -0.2) is 15.0 Å². The van der Waals surface area contributed by atoms with E-state index in [2.05, 4.69) is 27.1 Å². The Labute approximate surface area is 180 Å². The van der Waals surface area contributed by atoms with E-state index in [9.17, 15) is 4.79 Å². The summed E-state index contributed by atoms with van der Waals surface area (Å²) in [5.74, 6) is 1.09. The highest BCUT2D eigenvalue weighted by molar-refractivity contribution is 7.16. The molecular weight excluding hydrogens is 417 g/mol. The number of amides is 1. The van der Waals surface area contributed by atoms with Gasteiger partial charge < -0.3 is 10.6 Å². The van der Waals surface area contributed by atoms with Gasteiger partial charge in [-0.2, -0.15) is 0 Å². The zero-order valence-electron chi connectivity index (χ0n) is 15.0. The summed E-state index contributed by atoms with van der Waals surface area (Å²) in [6.45, 7) is 1.92. The first-order valence-corrected chi connectivity index (χ1v) is 9.35. The number of likely N-dealkylation sites (tertiary alicyclic amines) is 1. The molecule has 3 heterocycles. The van der Waals surface area contributed by atoms with E-state index in [0.29, 0.717) is 35.3 Å². The van der Waals surface area contributed by atoms with Crippen molar-refractivity contribution in [3.8, 4) is 10.8 Å². The lowest BCUT2D eigenvalue weighted by Gasteiger charge is -2.16. The molecule has 2 atom stereocenters. The number of benzene rings is 1. The molecule has 0 aliphatic carbocycles. The molecule has 28 heavy (non-hydrogen) atoms. The average molecular weight is 438 g/mol. The van der Waals surface area contributed by atoms with Crippen molar-refractivity contribution in [3.63, 3.8) is 0 Å². The molecule has 9 heteroatoms. The van der Waals surface area contributed by atoms with Crippen LogP contribution in [0.4, 0.5) is 0 Å². The Bertz CT molecular complexity index is 894. The van der Waals surface area contributed by atoms with Gasteiger partial charge >= 0.3 is 0 Å². The van der Waals surface area contributed by atoms with Gasteiger partial charge in [-0.3, -0.25) is 4.79 Å². The van der Waals surface area contributed by atoms with Gasteiger partial charge in [-0.1, -0.05) is 30.3 Å². The maximum absolute atomic E-state index is 12.9. The number of carbonyl (C=O) groups excluding carboxylic acids is 1. The third-order valence-electron chi connectivity index (χ3n) is 4.73. The van der Waals surface area contributed by atoms with Gasteiger partial charge in [0.1, 0.15) is 4.88 Å². The molecule has 1 fully saturated rings. The minimum Gasteiger partial charge on any atom is -0.337 e. The fourth-order valence-electron chi connectivity index (χ4n) is 3.40. The van der Waals surface area contributed by atoms with Crippen LogP contribution in [0.15, 0.2) is 55.0 Å². The van der Waals surface area contributed by atoms with E-state index in [1.807, 2.05) is 23.1 Å². The van der Waals surface area contributed by atoms with Crippen LogP contribution in [0, 0.1) is 5.92 Å². The summed E-state index contributed by atoms with van der Waals surface area (Å²) in [5.41, 5.74) is 7.22. The summed E-state index contributed by atoms with van der Waals surface area (Å²) < 4.78 is 0. The van der Waals surface area contributed by atoms with Gasteiger partial charge in [-0.15, -0.1) is 36.2 Å². The molecule has 1 aliphatic heterocycles. The van der Waals surface area contributed by atoms with Crippen LogP contribution in [0.2, 0.25) is 0 Å². The fraction of sp³-hybridized carbons (Fsp3) is 0.263. The molecule has 148 valence electrons. The largest absolute Gasteiger partial charge is 0.337 e.